The number of halogens is 3. The van der Waals surface area contributed by atoms with Crippen molar-refractivity contribution in [1.29, 1.82) is 0 Å². The summed E-state index contributed by atoms with van der Waals surface area (Å²) in [6.07, 6.45) is 0. The van der Waals surface area contributed by atoms with E-state index in [2.05, 4.69) is 31.9 Å². The largest absolute Gasteiger partial charge is 0.319 e. The van der Waals surface area contributed by atoms with Crippen LogP contribution >= 0.6 is 43.2 Å². The molecule has 0 bridgehead atoms. The highest BCUT2D eigenvalue weighted by Gasteiger charge is 2.20. The van der Waals surface area contributed by atoms with Crippen molar-refractivity contribution in [1.82, 2.24) is 0 Å². The first-order valence-corrected chi connectivity index (χ1v) is 7.36. The summed E-state index contributed by atoms with van der Waals surface area (Å²) < 4.78 is 15.4. The van der Waals surface area contributed by atoms with Crippen LogP contribution in [0.3, 0.4) is 0 Å². The molecule has 0 amide bonds. The molecule has 17 heavy (non-hydrogen) atoms. The Morgan fingerprint density at radius 2 is 2.00 bits per heavy atom. The van der Waals surface area contributed by atoms with E-state index in [9.17, 15) is 4.39 Å². The highest BCUT2D eigenvalue weighted by atomic mass is 79.9. The van der Waals surface area contributed by atoms with Gasteiger partial charge in [-0.3, -0.25) is 0 Å². The van der Waals surface area contributed by atoms with Gasteiger partial charge >= 0.3 is 0 Å². The maximum Gasteiger partial charge on any atom is 0.129 e. The van der Waals surface area contributed by atoms with Crippen molar-refractivity contribution in [2.45, 2.75) is 13.0 Å². The second-order valence-electron chi connectivity index (χ2n) is 3.68. The van der Waals surface area contributed by atoms with Crippen LogP contribution in [-0.4, -0.2) is 0 Å². The zero-order valence-corrected chi connectivity index (χ0v) is 13.0. The highest BCUT2D eigenvalue weighted by molar-refractivity contribution is 9.10. The van der Waals surface area contributed by atoms with Crippen molar-refractivity contribution < 1.29 is 4.39 Å². The molecule has 90 valence electrons. The van der Waals surface area contributed by atoms with Crippen LogP contribution < -0.4 is 5.73 Å². The Bertz CT molecular complexity index is 533. The average Bonchev–Trinajstić information content (AvgIpc) is 2.57. The Balaban J connectivity index is 2.51. The molecule has 1 atom stereocenters. The van der Waals surface area contributed by atoms with Gasteiger partial charge in [-0.25, -0.2) is 4.39 Å². The molecule has 5 heteroatoms. The number of benzene rings is 1. The van der Waals surface area contributed by atoms with Gasteiger partial charge in [-0.05, 0) is 41.1 Å². The number of hydrogen-bond donors (Lipinski definition) is 1. The highest BCUT2D eigenvalue weighted by Crippen LogP contribution is 2.37. The molecule has 0 aliphatic carbocycles. The maximum atomic E-state index is 13.8. The third kappa shape index (κ3) is 2.62. The molecule has 1 aromatic heterocycles. The van der Waals surface area contributed by atoms with Gasteiger partial charge in [0.05, 0.1) is 6.04 Å². The Labute approximate surface area is 120 Å². The van der Waals surface area contributed by atoms with Crippen LogP contribution in [0.2, 0.25) is 0 Å². The van der Waals surface area contributed by atoms with E-state index in [1.807, 2.05) is 13.0 Å². The maximum absolute atomic E-state index is 13.8. The van der Waals surface area contributed by atoms with Crippen LogP contribution in [0.5, 0.6) is 0 Å². The van der Waals surface area contributed by atoms with E-state index >= 15 is 0 Å². The van der Waals surface area contributed by atoms with Crippen LogP contribution in [0.1, 0.15) is 21.4 Å². The predicted molar refractivity (Wildman–Crippen MR) is 76.9 cm³/mol. The Kier molecular flexibility index (Phi) is 4.02. The molecule has 1 aromatic carbocycles. The molecule has 0 fully saturated rings. The molecule has 1 unspecified atom stereocenters. The first kappa shape index (κ1) is 13.2. The van der Waals surface area contributed by atoms with Crippen molar-refractivity contribution in [3.05, 3.63) is 54.3 Å². The fourth-order valence-corrected chi connectivity index (χ4v) is 4.15. The van der Waals surface area contributed by atoms with Crippen molar-refractivity contribution in [2.75, 3.05) is 0 Å². The molecular weight excluding hydrogens is 369 g/mol. The van der Waals surface area contributed by atoms with E-state index in [4.69, 9.17) is 5.73 Å². The summed E-state index contributed by atoms with van der Waals surface area (Å²) >= 11 is 8.38. The lowest BCUT2D eigenvalue weighted by Gasteiger charge is -2.14. The summed E-state index contributed by atoms with van der Waals surface area (Å²) in [5, 5.41) is 0. The summed E-state index contributed by atoms with van der Waals surface area (Å²) in [5.41, 5.74) is 6.64. The summed E-state index contributed by atoms with van der Waals surface area (Å²) in [5.74, 6) is -0.287. The van der Waals surface area contributed by atoms with Crippen molar-refractivity contribution in [3.8, 4) is 0 Å². The second-order valence-corrected chi connectivity index (χ2v) is 6.68. The van der Waals surface area contributed by atoms with E-state index in [1.165, 1.54) is 6.07 Å². The standard InChI is InChI=1S/C12H10Br2FNS/c1-6-5-8(14)12(17-6)11(16)10-7(13)3-2-4-9(10)15/h2-5,11H,16H2,1H3. The van der Waals surface area contributed by atoms with Crippen LogP contribution in [0.25, 0.3) is 0 Å². The molecule has 0 spiro atoms. The molecule has 2 rings (SSSR count). The number of aryl methyl sites for hydroxylation is 1. The Hall–Kier alpha value is -0.230. The van der Waals surface area contributed by atoms with Gasteiger partial charge in [0.25, 0.3) is 0 Å². The number of nitrogens with two attached hydrogens (primary N) is 1. The number of hydrogen-bond acceptors (Lipinski definition) is 2. The summed E-state index contributed by atoms with van der Waals surface area (Å²) in [7, 11) is 0. The average molecular weight is 379 g/mol. The predicted octanol–water partition coefficient (Wildman–Crippen LogP) is 4.77. The summed E-state index contributed by atoms with van der Waals surface area (Å²) in [6.45, 7) is 2.00. The van der Waals surface area contributed by atoms with Gasteiger partial charge in [0.2, 0.25) is 0 Å². The topological polar surface area (TPSA) is 26.0 Å². The first-order chi connectivity index (χ1) is 8.00. The van der Waals surface area contributed by atoms with Gasteiger partial charge < -0.3 is 5.73 Å². The zero-order chi connectivity index (χ0) is 12.6. The van der Waals surface area contributed by atoms with Crippen LogP contribution in [0.15, 0.2) is 33.2 Å². The lowest BCUT2D eigenvalue weighted by molar-refractivity contribution is 0.599. The molecule has 0 saturated carbocycles. The van der Waals surface area contributed by atoms with Crippen molar-refractivity contribution >= 4 is 43.2 Å². The van der Waals surface area contributed by atoms with Crippen LogP contribution in [0, 0.1) is 12.7 Å². The zero-order valence-electron chi connectivity index (χ0n) is 9.01. The molecule has 1 heterocycles. The van der Waals surface area contributed by atoms with Crippen LogP contribution in [0.4, 0.5) is 4.39 Å². The Morgan fingerprint density at radius 3 is 2.53 bits per heavy atom. The minimum Gasteiger partial charge on any atom is -0.319 e. The van der Waals surface area contributed by atoms with Crippen molar-refractivity contribution in [3.63, 3.8) is 0 Å². The van der Waals surface area contributed by atoms with Gasteiger partial charge in [-0.2, -0.15) is 0 Å². The van der Waals surface area contributed by atoms with E-state index in [0.717, 1.165) is 14.2 Å². The lowest BCUT2D eigenvalue weighted by Crippen LogP contribution is -2.13. The first-order valence-electron chi connectivity index (χ1n) is 4.96. The number of rotatable bonds is 2. The third-order valence-corrected chi connectivity index (χ3v) is 5.17. The van der Waals surface area contributed by atoms with Gasteiger partial charge in [-0.1, -0.05) is 22.0 Å². The Morgan fingerprint density at radius 1 is 1.29 bits per heavy atom. The van der Waals surface area contributed by atoms with Crippen LogP contribution in [-0.2, 0) is 0 Å². The molecule has 1 nitrogen and oxygen atoms in total. The lowest BCUT2D eigenvalue weighted by atomic mass is 10.1. The monoisotopic (exact) mass is 377 g/mol. The summed E-state index contributed by atoms with van der Waals surface area (Å²) in [6, 6.07) is 6.42. The molecule has 0 aliphatic rings. The smallest absolute Gasteiger partial charge is 0.129 e. The molecule has 0 aliphatic heterocycles. The molecular formula is C12H10Br2FNS. The minimum absolute atomic E-state index is 0.287. The van der Waals surface area contributed by atoms with E-state index in [1.54, 1.807) is 23.5 Å². The molecule has 0 saturated heterocycles. The molecule has 0 radical (unpaired) electrons. The molecule has 2 aromatic rings. The van der Waals surface area contributed by atoms with Crippen molar-refractivity contribution in [2.24, 2.45) is 5.73 Å². The van der Waals surface area contributed by atoms with E-state index < -0.39 is 6.04 Å². The quantitative estimate of drug-likeness (QED) is 0.800. The normalized spacial score (nSPS) is 12.8. The van der Waals surface area contributed by atoms with Gasteiger partial charge in [0, 0.05) is 24.3 Å². The number of thiophene rings is 1. The second kappa shape index (κ2) is 5.18. The van der Waals surface area contributed by atoms with Gasteiger partial charge in [0.1, 0.15) is 5.82 Å². The third-order valence-electron chi connectivity index (χ3n) is 2.43. The minimum atomic E-state index is -0.460. The van der Waals surface area contributed by atoms with E-state index in [-0.39, 0.29) is 5.82 Å². The molecule has 2 N–H and O–H groups in total. The van der Waals surface area contributed by atoms with E-state index in [0.29, 0.717) is 10.0 Å². The van der Waals surface area contributed by atoms with Gasteiger partial charge in [-0.15, -0.1) is 11.3 Å². The fourth-order valence-electron chi connectivity index (χ4n) is 1.65. The van der Waals surface area contributed by atoms with Gasteiger partial charge in [0.15, 0.2) is 0 Å². The fraction of sp³-hybridized carbons (Fsp3) is 0.167. The summed E-state index contributed by atoms with van der Waals surface area (Å²) in [4.78, 5) is 2.09. The SMILES string of the molecule is Cc1cc(Br)c(C(N)c2c(F)cccc2Br)s1.